The molecule has 0 amide bonds. The van der Waals surface area contributed by atoms with Crippen LogP contribution in [-0.2, 0) is 16.4 Å². The molecule has 0 aliphatic heterocycles. The van der Waals surface area contributed by atoms with Gasteiger partial charge in [0.15, 0.2) is 11.6 Å². The van der Waals surface area contributed by atoms with E-state index >= 15 is 0 Å². The topological polar surface area (TPSA) is 95.4 Å². The lowest BCUT2D eigenvalue weighted by Crippen LogP contribution is -2.13. The van der Waals surface area contributed by atoms with Crippen molar-refractivity contribution >= 4 is 10.0 Å². The number of ether oxygens (including phenoxy) is 1. The smallest absolute Gasteiger partial charge is 0.238 e. The maximum absolute atomic E-state index is 14.4. The second-order valence-electron chi connectivity index (χ2n) is 6.88. The first-order chi connectivity index (χ1) is 14.9. The number of sulfonamides is 1. The van der Waals surface area contributed by atoms with Crippen LogP contribution in [0.15, 0.2) is 82.2 Å². The fourth-order valence-corrected chi connectivity index (χ4v) is 4.18. The average molecular weight is 438 g/mol. The SMILES string of the molecule is COc1ccc(-c2noc(Cc3ccccc3)c2-c2ccccc2S(N)(=O)=O)cc1F. The van der Waals surface area contributed by atoms with Crippen LogP contribution in [0.1, 0.15) is 11.3 Å². The first-order valence-electron chi connectivity index (χ1n) is 9.37. The van der Waals surface area contributed by atoms with Crippen molar-refractivity contribution in [3.05, 3.63) is 89.9 Å². The molecule has 0 fully saturated rings. The Morgan fingerprint density at radius 2 is 1.74 bits per heavy atom. The maximum Gasteiger partial charge on any atom is 0.238 e. The summed E-state index contributed by atoms with van der Waals surface area (Å²) in [4.78, 5) is -0.0669. The molecule has 0 radical (unpaired) electrons. The van der Waals surface area contributed by atoms with Gasteiger partial charge in [-0.15, -0.1) is 0 Å². The van der Waals surface area contributed by atoms with Crippen molar-refractivity contribution in [1.82, 2.24) is 5.16 Å². The largest absolute Gasteiger partial charge is 0.494 e. The number of halogens is 1. The van der Waals surface area contributed by atoms with E-state index in [2.05, 4.69) is 5.16 Å². The quantitative estimate of drug-likeness (QED) is 0.482. The van der Waals surface area contributed by atoms with E-state index in [1.165, 1.54) is 25.3 Å². The van der Waals surface area contributed by atoms with Crippen LogP contribution >= 0.6 is 0 Å². The van der Waals surface area contributed by atoms with Crippen molar-refractivity contribution in [2.24, 2.45) is 5.14 Å². The second kappa shape index (κ2) is 8.33. The molecule has 158 valence electrons. The normalized spacial score (nSPS) is 11.5. The molecule has 4 rings (SSSR count). The van der Waals surface area contributed by atoms with Gasteiger partial charge in [0.25, 0.3) is 0 Å². The number of methoxy groups -OCH3 is 1. The minimum absolute atomic E-state index is 0.0669. The molecule has 0 aliphatic rings. The van der Waals surface area contributed by atoms with Gasteiger partial charge >= 0.3 is 0 Å². The summed E-state index contributed by atoms with van der Waals surface area (Å²) in [5, 5.41) is 9.62. The van der Waals surface area contributed by atoms with Gasteiger partial charge in [0.05, 0.1) is 17.6 Å². The van der Waals surface area contributed by atoms with Crippen molar-refractivity contribution in [3.63, 3.8) is 0 Å². The third-order valence-electron chi connectivity index (χ3n) is 4.86. The number of primary sulfonamides is 1. The average Bonchev–Trinajstić information content (AvgIpc) is 3.17. The zero-order chi connectivity index (χ0) is 22.0. The van der Waals surface area contributed by atoms with Gasteiger partial charge in [0.2, 0.25) is 10.0 Å². The molecule has 6 nitrogen and oxygen atoms in total. The van der Waals surface area contributed by atoms with E-state index in [-0.39, 0.29) is 10.6 Å². The van der Waals surface area contributed by atoms with Crippen LogP contribution in [0.5, 0.6) is 5.75 Å². The van der Waals surface area contributed by atoms with E-state index in [0.717, 1.165) is 5.56 Å². The molecule has 1 aromatic heterocycles. The zero-order valence-corrected chi connectivity index (χ0v) is 17.4. The van der Waals surface area contributed by atoms with Crippen LogP contribution < -0.4 is 9.88 Å². The van der Waals surface area contributed by atoms with Crippen LogP contribution in [0, 0.1) is 5.82 Å². The highest BCUT2D eigenvalue weighted by Crippen LogP contribution is 2.39. The molecule has 1 heterocycles. The molecule has 31 heavy (non-hydrogen) atoms. The fraction of sp³-hybridized carbons (Fsp3) is 0.0870. The van der Waals surface area contributed by atoms with Crippen molar-refractivity contribution in [3.8, 4) is 28.1 Å². The van der Waals surface area contributed by atoms with E-state index in [0.29, 0.717) is 34.6 Å². The number of aromatic nitrogens is 1. The monoisotopic (exact) mass is 438 g/mol. The van der Waals surface area contributed by atoms with Crippen molar-refractivity contribution in [2.75, 3.05) is 7.11 Å². The van der Waals surface area contributed by atoms with E-state index in [4.69, 9.17) is 14.4 Å². The number of hydrogen-bond acceptors (Lipinski definition) is 5. The molecule has 4 aromatic rings. The van der Waals surface area contributed by atoms with Crippen molar-refractivity contribution in [2.45, 2.75) is 11.3 Å². The molecule has 0 bridgehead atoms. The number of benzene rings is 3. The summed E-state index contributed by atoms with van der Waals surface area (Å²) < 4.78 is 49.5. The Kier molecular flexibility index (Phi) is 5.58. The van der Waals surface area contributed by atoms with Crippen molar-refractivity contribution in [1.29, 1.82) is 0 Å². The minimum atomic E-state index is -4.03. The van der Waals surface area contributed by atoms with Crippen LogP contribution in [0.2, 0.25) is 0 Å². The Morgan fingerprint density at radius 3 is 2.42 bits per heavy atom. The Morgan fingerprint density at radius 1 is 1.03 bits per heavy atom. The Balaban J connectivity index is 1.95. The summed E-state index contributed by atoms with van der Waals surface area (Å²) >= 11 is 0. The number of rotatable bonds is 6. The third-order valence-corrected chi connectivity index (χ3v) is 5.83. The molecular weight excluding hydrogens is 419 g/mol. The zero-order valence-electron chi connectivity index (χ0n) is 16.6. The lowest BCUT2D eigenvalue weighted by molar-refractivity contribution is 0.386. The highest BCUT2D eigenvalue weighted by molar-refractivity contribution is 7.89. The predicted octanol–water partition coefficient (Wildman–Crippen LogP) is 4.39. The highest BCUT2D eigenvalue weighted by atomic mass is 32.2. The summed E-state index contributed by atoms with van der Waals surface area (Å²) in [5.41, 5.74) is 2.45. The molecule has 2 N–H and O–H groups in total. The highest BCUT2D eigenvalue weighted by Gasteiger charge is 2.25. The van der Waals surface area contributed by atoms with Gasteiger partial charge in [-0.1, -0.05) is 53.7 Å². The number of nitrogens with two attached hydrogens (primary N) is 1. The standard InChI is InChI=1S/C23H19FN2O4S/c1-29-19-12-11-16(14-18(19)24)23-22(17-9-5-6-10-21(17)31(25,27)28)20(30-26-23)13-15-7-3-2-4-8-15/h2-12,14H,13H2,1H3,(H2,25,27,28). The molecule has 0 saturated heterocycles. The van der Waals surface area contributed by atoms with Gasteiger partial charge in [0.1, 0.15) is 11.5 Å². The summed E-state index contributed by atoms with van der Waals surface area (Å²) in [6.07, 6.45) is 0.362. The van der Waals surface area contributed by atoms with Gasteiger partial charge in [-0.3, -0.25) is 0 Å². The fourth-order valence-electron chi connectivity index (χ4n) is 3.44. The van der Waals surface area contributed by atoms with E-state index in [9.17, 15) is 12.8 Å². The molecule has 8 heteroatoms. The van der Waals surface area contributed by atoms with E-state index in [1.807, 2.05) is 30.3 Å². The Labute approximate surface area is 179 Å². The van der Waals surface area contributed by atoms with Crippen LogP contribution in [0.3, 0.4) is 0 Å². The summed E-state index contributed by atoms with van der Waals surface area (Å²) in [6.45, 7) is 0. The Hall–Kier alpha value is -3.49. The van der Waals surface area contributed by atoms with Gasteiger partial charge < -0.3 is 9.26 Å². The first-order valence-corrected chi connectivity index (χ1v) is 10.9. The molecular formula is C23H19FN2O4S. The van der Waals surface area contributed by atoms with Crippen molar-refractivity contribution < 1.29 is 22.1 Å². The maximum atomic E-state index is 14.4. The first kappa shape index (κ1) is 20.8. The molecule has 0 unspecified atom stereocenters. The second-order valence-corrected chi connectivity index (χ2v) is 8.41. The Bertz CT molecular complexity index is 1330. The van der Waals surface area contributed by atoms with Gasteiger partial charge in [0, 0.05) is 17.5 Å². The van der Waals surface area contributed by atoms with Gasteiger partial charge in [-0.2, -0.15) is 0 Å². The third kappa shape index (κ3) is 4.21. The lowest BCUT2D eigenvalue weighted by atomic mass is 9.96. The lowest BCUT2D eigenvalue weighted by Gasteiger charge is -2.10. The van der Waals surface area contributed by atoms with Gasteiger partial charge in [-0.25, -0.2) is 17.9 Å². The van der Waals surface area contributed by atoms with Crippen LogP contribution in [-0.4, -0.2) is 20.7 Å². The molecule has 0 saturated carbocycles. The number of nitrogens with zero attached hydrogens (tertiary/aromatic N) is 1. The molecule has 3 aromatic carbocycles. The minimum Gasteiger partial charge on any atom is -0.494 e. The summed E-state index contributed by atoms with van der Waals surface area (Å²) in [6, 6.07) is 20.2. The molecule has 0 aliphatic carbocycles. The van der Waals surface area contributed by atoms with Gasteiger partial charge in [-0.05, 0) is 29.8 Å². The van der Waals surface area contributed by atoms with E-state index < -0.39 is 15.8 Å². The number of hydrogen-bond donors (Lipinski definition) is 1. The van der Waals surface area contributed by atoms with Crippen LogP contribution in [0.4, 0.5) is 4.39 Å². The summed E-state index contributed by atoms with van der Waals surface area (Å²) in [5.74, 6) is -0.0462. The molecule has 0 spiro atoms. The predicted molar refractivity (Wildman–Crippen MR) is 115 cm³/mol. The van der Waals surface area contributed by atoms with E-state index in [1.54, 1.807) is 24.3 Å². The summed E-state index contributed by atoms with van der Waals surface area (Å²) in [7, 11) is -2.66. The van der Waals surface area contributed by atoms with Crippen LogP contribution in [0.25, 0.3) is 22.4 Å². The molecule has 0 atom stereocenters.